The lowest BCUT2D eigenvalue weighted by Gasteiger charge is -2.31. The molecule has 1 amide bonds. The Kier molecular flexibility index (Phi) is 5.68. The van der Waals surface area contributed by atoms with Crippen molar-refractivity contribution in [1.29, 1.82) is 0 Å². The molecular weight excluding hydrogens is 343 g/mol. The fourth-order valence-electron chi connectivity index (χ4n) is 2.30. The minimum absolute atomic E-state index is 0.00645. The van der Waals surface area contributed by atoms with Crippen LogP contribution in [0.5, 0.6) is 5.75 Å². The van der Waals surface area contributed by atoms with Gasteiger partial charge in [0, 0.05) is 6.54 Å². The summed E-state index contributed by atoms with van der Waals surface area (Å²) in [6, 6.07) is 2.58. The van der Waals surface area contributed by atoms with Gasteiger partial charge in [-0.3, -0.25) is 4.79 Å². The quantitative estimate of drug-likeness (QED) is 0.816. The first-order chi connectivity index (χ1) is 11.7. The summed E-state index contributed by atoms with van der Waals surface area (Å²) in [5, 5.41) is 8.98. The molecule has 25 heavy (non-hydrogen) atoms. The summed E-state index contributed by atoms with van der Waals surface area (Å²) in [5.74, 6) is -2.03. The average Bonchev–Trinajstić information content (AvgIpc) is 2.58. The third-order valence-electron chi connectivity index (χ3n) is 3.52. The molecule has 1 heterocycles. The maximum Gasteiger partial charge on any atom is 0.416 e. The number of hydrogen-bond acceptors (Lipinski definition) is 4. The van der Waals surface area contributed by atoms with Crippen LogP contribution in [-0.4, -0.2) is 54.3 Å². The molecule has 1 unspecified atom stereocenters. The van der Waals surface area contributed by atoms with E-state index < -0.39 is 29.7 Å². The molecule has 1 fully saturated rings. The zero-order valence-electron chi connectivity index (χ0n) is 13.1. The number of carboxylic acid groups (broad SMARTS) is 1. The smallest absolute Gasteiger partial charge is 0.416 e. The number of carbonyl (C=O) groups is 2. The predicted octanol–water partition coefficient (Wildman–Crippen LogP) is 2.20. The fourth-order valence-corrected chi connectivity index (χ4v) is 2.30. The van der Waals surface area contributed by atoms with Crippen molar-refractivity contribution >= 4 is 11.9 Å². The van der Waals surface area contributed by atoms with Crippen LogP contribution in [0.2, 0.25) is 0 Å². The molecule has 0 saturated carbocycles. The van der Waals surface area contributed by atoms with Gasteiger partial charge in [0.2, 0.25) is 0 Å². The highest BCUT2D eigenvalue weighted by atomic mass is 19.4. The molecule has 6 nitrogen and oxygen atoms in total. The number of nitrogens with zero attached hydrogens (tertiary/aromatic N) is 1. The number of carboxylic acids is 1. The van der Waals surface area contributed by atoms with Gasteiger partial charge in [-0.15, -0.1) is 0 Å². The van der Waals surface area contributed by atoms with Gasteiger partial charge in [0.05, 0.1) is 24.3 Å². The Hall–Kier alpha value is -2.55. The van der Waals surface area contributed by atoms with Crippen molar-refractivity contribution in [2.45, 2.75) is 12.3 Å². The zero-order chi connectivity index (χ0) is 18.6. The molecule has 1 saturated heterocycles. The predicted molar refractivity (Wildman–Crippen MR) is 80.4 cm³/mol. The van der Waals surface area contributed by atoms with Crippen molar-refractivity contribution in [2.24, 2.45) is 0 Å². The molecule has 1 atom stereocenters. The number of rotatable bonds is 5. The molecule has 1 aromatic carbocycles. The van der Waals surface area contributed by atoms with Gasteiger partial charge in [0.25, 0.3) is 5.91 Å². The third kappa shape index (κ3) is 4.50. The van der Waals surface area contributed by atoms with Crippen molar-refractivity contribution < 1.29 is 37.3 Å². The molecule has 0 bridgehead atoms. The molecule has 1 N–H and O–H groups in total. The van der Waals surface area contributed by atoms with Crippen molar-refractivity contribution in [3.05, 3.63) is 42.0 Å². The second kappa shape index (κ2) is 7.56. The highest BCUT2D eigenvalue weighted by molar-refractivity contribution is 5.97. The van der Waals surface area contributed by atoms with E-state index in [-0.39, 0.29) is 37.6 Å². The van der Waals surface area contributed by atoms with Crippen LogP contribution >= 0.6 is 0 Å². The summed E-state index contributed by atoms with van der Waals surface area (Å²) in [4.78, 5) is 24.8. The molecule has 1 aliphatic rings. The highest BCUT2D eigenvalue weighted by Crippen LogP contribution is 2.33. The van der Waals surface area contributed by atoms with E-state index in [2.05, 4.69) is 6.58 Å². The number of ether oxygens (including phenoxy) is 2. The number of morpholine rings is 1. The van der Waals surface area contributed by atoms with Gasteiger partial charge in [-0.2, -0.15) is 13.2 Å². The Balaban J connectivity index is 2.34. The Labute approximate surface area is 141 Å². The Morgan fingerprint density at radius 2 is 2.16 bits per heavy atom. The maximum absolute atomic E-state index is 12.9. The first-order valence-corrected chi connectivity index (χ1v) is 7.32. The summed E-state index contributed by atoms with van der Waals surface area (Å²) in [6.45, 7) is 3.24. The number of carbonyl (C=O) groups excluding carboxylic acids is 1. The number of alkyl halides is 3. The normalized spacial score (nSPS) is 17.9. The van der Waals surface area contributed by atoms with Crippen LogP contribution in [0, 0.1) is 0 Å². The van der Waals surface area contributed by atoms with Gasteiger partial charge in [-0.25, -0.2) is 4.79 Å². The second-order valence-electron chi connectivity index (χ2n) is 5.26. The molecule has 0 aromatic heterocycles. The first kappa shape index (κ1) is 18.8. The number of halogens is 3. The van der Waals surface area contributed by atoms with Gasteiger partial charge in [0.15, 0.2) is 6.10 Å². The summed E-state index contributed by atoms with van der Waals surface area (Å²) >= 11 is 0. The fraction of sp³-hybridized carbons (Fsp3) is 0.375. The molecular formula is C16H16F3NO5. The molecule has 1 aliphatic heterocycles. The molecule has 0 radical (unpaired) electrons. The van der Waals surface area contributed by atoms with E-state index in [0.29, 0.717) is 6.07 Å². The topological polar surface area (TPSA) is 76.1 Å². The van der Waals surface area contributed by atoms with E-state index >= 15 is 0 Å². The average molecular weight is 359 g/mol. The summed E-state index contributed by atoms with van der Waals surface area (Å²) in [7, 11) is 0. The number of aliphatic carboxylic acids is 1. The lowest BCUT2D eigenvalue weighted by atomic mass is 10.1. The van der Waals surface area contributed by atoms with Crippen molar-refractivity contribution in [2.75, 3.05) is 26.3 Å². The Morgan fingerprint density at radius 3 is 2.76 bits per heavy atom. The minimum atomic E-state index is -4.62. The van der Waals surface area contributed by atoms with Crippen LogP contribution in [0.15, 0.2) is 30.9 Å². The van der Waals surface area contributed by atoms with Gasteiger partial charge >= 0.3 is 12.1 Å². The van der Waals surface area contributed by atoms with E-state index in [9.17, 15) is 22.8 Å². The van der Waals surface area contributed by atoms with Gasteiger partial charge in [-0.05, 0) is 18.2 Å². The maximum atomic E-state index is 12.9. The third-order valence-corrected chi connectivity index (χ3v) is 3.52. The molecule has 2 rings (SSSR count). The van der Waals surface area contributed by atoms with Crippen molar-refractivity contribution in [1.82, 2.24) is 4.90 Å². The molecule has 1 aromatic rings. The summed E-state index contributed by atoms with van der Waals surface area (Å²) in [5.41, 5.74) is -1.28. The highest BCUT2D eigenvalue weighted by Gasteiger charge is 2.34. The van der Waals surface area contributed by atoms with E-state index in [1.54, 1.807) is 0 Å². The Morgan fingerprint density at radius 1 is 1.44 bits per heavy atom. The van der Waals surface area contributed by atoms with E-state index in [0.717, 1.165) is 17.0 Å². The van der Waals surface area contributed by atoms with Crippen LogP contribution in [0.4, 0.5) is 13.2 Å². The SMILES string of the molecule is C=CCOc1ccc(C(F)(F)F)cc1C(=O)N1CCOC(C(=O)O)C1. The number of benzene rings is 1. The standard InChI is InChI=1S/C16H16F3NO5/c1-2-6-24-12-4-3-10(16(17,18)19)8-11(12)14(21)20-5-7-25-13(9-20)15(22)23/h2-4,8,13H,1,5-7,9H2,(H,22,23). The molecule has 9 heteroatoms. The van der Waals surface area contributed by atoms with E-state index in [1.165, 1.54) is 6.08 Å². The lowest BCUT2D eigenvalue weighted by molar-refractivity contribution is -0.154. The largest absolute Gasteiger partial charge is 0.489 e. The monoisotopic (exact) mass is 359 g/mol. The van der Waals surface area contributed by atoms with Gasteiger partial charge in [-0.1, -0.05) is 12.7 Å². The van der Waals surface area contributed by atoms with E-state index in [1.807, 2.05) is 0 Å². The second-order valence-corrected chi connectivity index (χ2v) is 5.26. The van der Waals surface area contributed by atoms with Crippen LogP contribution in [0.1, 0.15) is 15.9 Å². The van der Waals surface area contributed by atoms with Crippen molar-refractivity contribution in [3.63, 3.8) is 0 Å². The summed E-state index contributed by atoms with van der Waals surface area (Å²) < 4.78 is 49.1. The number of amides is 1. The van der Waals surface area contributed by atoms with Gasteiger partial charge < -0.3 is 19.5 Å². The molecule has 0 spiro atoms. The van der Waals surface area contributed by atoms with Crippen LogP contribution in [0.25, 0.3) is 0 Å². The van der Waals surface area contributed by atoms with Gasteiger partial charge in [0.1, 0.15) is 12.4 Å². The first-order valence-electron chi connectivity index (χ1n) is 7.32. The van der Waals surface area contributed by atoms with Crippen molar-refractivity contribution in [3.8, 4) is 5.75 Å². The lowest BCUT2D eigenvalue weighted by Crippen LogP contribution is -2.48. The molecule has 136 valence electrons. The zero-order valence-corrected chi connectivity index (χ0v) is 13.1. The van der Waals surface area contributed by atoms with Crippen LogP contribution < -0.4 is 4.74 Å². The summed E-state index contributed by atoms with van der Waals surface area (Å²) in [6.07, 6.45) is -4.46. The van der Waals surface area contributed by atoms with Crippen LogP contribution in [-0.2, 0) is 15.7 Å². The van der Waals surface area contributed by atoms with E-state index in [4.69, 9.17) is 14.6 Å². The minimum Gasteiger partial charge on any atom is -0.489 e. The molecule has 0 aliphatic carbocycles. The number of hydrogen-bond donors (Lipinski definition) is 1. The Bertz CT molecular complexity index is 674. The van der Waals surface area contributed by atoms with Crippen LogP contribution in [0.3, 0.4) is 0 Å².